The Morgan fingerprint density at radius 2 is 1.86 bits per heavy atom. The molecule has 112 valence electrons. The van der Waals surface area contributed by atoms with E-state index in [1.807, 2.05) is 36.4 Å². The van der Waals surface area contributed by atoms with Crippen molar-refractivity contribution < 1.29 is 9.84 Å². The van der Waals surface area contributed by atoms with Gasteiger partial charge in [0.15, 0.2) is 0 Å². The first-order chi connectivity index (χ1) is 10.2. The number of nitrogens with zero attached hydrogens (tertiary/aromatic N) is 1. The molecule has 0 radical (unpaired) electrons. The van der Waals surface area contributed by atoms with Crippen LogP contribution in [0.5, 0.6) is 5.75 Å². The third-order valence-electron chi connectivity index (χ3n) is 2.98. The minimum absolute atomic E-state index is 0.282. The number of aromatic nitrogens is 1. The molecule has 0 aliphatic carbocycles. The van der Waals surface area contributed by atoms with E-state index in [1.165, 1.54) is 5.56 Å². The minimum atomic E-state index is -0.522. The summed E-state index contributed by atoms with van der Waals surface area (Å²) < 4.78 is 6.53. The Morgan fingerprint density at radius 3 is 2.57 bits per heavy atom. The molecule has 0 fully saturated rings. The SMILES string of the molecule is OC(CNCCc1ccncc1)COc1ccc(Br)cc1. The molecule has 0 aliphatic rings. The summed E-state index contributed by atoms with van der Waals surface area (Å²) in [4.78, 5) is 3.98. The summed E-state index contributed by atoms with van der Waals surface area (Å²) in [5.74, 6) is 0.758. The highest BCUT2D eigenvalue weighted by Crippen LogP contribution is 2.16. The molecule has 0 aliphatic heterocycles. The third-order valence-corrected chi connectivity index (χ3v) is 3.50. The maximum Gasteiger partial charge on any atom is 0.119 e. The molecule has 1 unspecified atom stereocenters. The number of ether oxygens (including phenoxy) is 1. The predicted molar refractivity (Wildman–Crippen MR) is 86.5 cm³/mol. The number of hydrogen-bond donors (Lipinski definition) is 2. The summed E-state index contributed by atoms with van der Waals surface area (Å²) in [6.07, 6.45) is 3.97. The van der Waals surface area contributed by atoms with Crippen molar-refractivity contribution in [3.05, 3.63) is 58.8 Å². The molecule has 21 heavy (non-hydrogen) atoms. The van der Waals surface area contributed by atoms with Gasteiger partial charge in [0.25, 0.3) is 0 Å². The molecular weight excluding hydrogens is 332 g/mol. The van der Waals surface area contributed by atoms with Crippen molar-refractivity contribution in [3.63, 3.8) is 0 Å². The van der Waals surface area contributed by atoms with Gasteiger partial charge >= 0.3 is 0 Å². The number of aliphatic hydroxyl groups is 1. The number of nitrogens with one attached hydrogen (secondary N) is 1. The average molecular weight is 351 g/mol. The lowest BCUT2D eigenvalue weighted by molar-refractivity contribution is 0.106. The number of halogens is 1. The smallest absolute Gasteiger partial charge is 0.119 e. The van der Waals surface area contributed by atoms with Crippen LogP contribution in [0.2, 0.25) is 0 Å². The molecule has 0 bridgehead atoms. The number of aliphatic hydroxyl groups excluding tert-OH is 1. The molecule has 0 spiro atoms. The van der Waals surface area contributed by atoms with Crippen molar-refractivity contribution in [2.24, 2.45) is 0 Å². The molecule has 2 N–H and O–H groups in total. The Labute approximate surface area is 133 Å². The first-order valence-electron chi connectivity index (χ1n) is 6.90. The van der Waals surface area contributed by atoms with Crippen molar-refractivity contribution in [2.45, 2.75) is 12.5 Å². The van der Waals surface area contributed by atoms with Gasteiger partial charge in [0.2, 0.25) is 0 Å². The maximum atomic E-state index is 9.86. The monoisotopic (exact) mass is 350 g/mol. The van der Waals surface area contributed by atoms with E-state index in [0.717, 1.165) is 23.2 Å². The van der Waals surface area contributed by atoms with Gasteiger partial charge in [0.05, 0.1) is 0 Å². The van der Waals surface area contributed by atoms with Crippen molar-refractivity contribution >= 4 is 15.9 Å². The molecule has 2 aromatic rings. The van der Waals surface area contributed by atoms with Crippen LogP contribution in [-0.2, 0) is 6.42 Å². The van der Waals surface area contributed by atoms with Crippen LogP contribution in [0.1, 0.15) is 5.56 Å². The van der Waals surface area contributed by atoms with Gasteiger partial charge in [-0.2, -0.15) is 0 Å². The molecule has 1 aromatic heterocycles. The van der Waals surface area contributed by atoms with Gasteiger partial charge in [-0.1, -0.05) is 15.9 Å². The fourth-order valence-electron chi connectivity index (χ4n) is 1.83. The molecule has 4 nitrogen and oxygen atoms in total. The normalized spacial score (nSPS) is 12.1. The largest absolute Gasteiger partial charge is 0.491 e. The Morgan fingerprint density at radius 1 is 1.14 bits per heavy atom. The summed E-state index contributed by atoms with van der Waals surface area (Å²) in [6.45, 7) is 1.62. The molecule has 0 saturated heterocycles. The van der Waals surface area contributed by atoms with Crippen molar-refractivity contribution in [3.8, 4) is 5.75 Å². The zero-order valence-electron chi connectivity index (χ0n) is 11.7. The van der Waals surface area contributed by atoms with Gasteiger partial charge in [0, 0.05) is 23.4 Å². The first kappa shape index (κ1) is 15.9. The number of benzene rings is 1. The van der Waals surface area contributed by atoms with Crippen LogP contribution in [0, 0.1) is 0 Å². The van der Waals surface area contributed by atoms with E-state index in [1.54, 1.807) is 12.4 Å². The van der Waals surface area contributed by atoms with Crippen molar-refractivity contribution in [2.75, 3.05) is 19.7 Å². The highest BCUT2D eigenvalue weighted by molar-refractivity contribution is 9.10. The topological polar surface area (TPSA) is 54.4 Å². The number of pyridine rings is 1. The maximum absolute atomic E-state index is 9.86. The summed E-state index contributed by atoms with van der Waals surface area (Å²) in [5, 5.41) is 13.1. The summed E-state index contributed by atoms with van der Waals surface area (Å²) in [5.41, 5.74) is 1.23. The van der Waals surface area contributed by atoms with E-state index < -0.39 is 6.10 Å². The lowest BCUT2D eigenvalue weighted by atomic mass is 10.2. The van der Waals surface area contributed by atoms with E-state index >= 15 is 0 Å². The first-order valence-corrected chi connectivity index (χ1v) is 7.69. The van der Waals surface area contributed by atoms with Crippen LogP contribution in [0.25, 0.3) is 0 Å². The van der Waals surface area contributed by atoms with Crippen molar-refractivity contribution in [1.82, 2.24) is 10.3 Å². The lowest BCUT2D eigenvalue weighted by Gasteiger charge is -2.13. The Balaban J connectivity index is 1.59. The van der Waals surface area contributed by atoms with Gasteiger partial charge in [-0.05, 0) is 54.9 Å². The van der Waals surface area contributed by atoms with Gasteiger partial charge in [-0.3, -0.25) is 4.98 Å². The number of hydrogen-bond acceptors (Lipinski definition) is 4. The lowest BCUT2D eigenvalue weighted by Crippen LogP contribution is -2.32. The summed E-state index contributed by atoms with van der Waals surface area (Å²) >= 11 is 3.37. The van der Waals surface area contributed by atoms with E-state index in [4.69, 9.17) is 4.74 Å². The second-order valence-electron chi connectivity index (χ2n) is 4.73. The van der Waals surface area contributed by atoms with Crippen molar-refractivity contribution in [1.29, 1.82) is 0 Å². The van der Waals surface area contributed by atoms with Crippen LogP contribution in [0.15, 0.2) is 53.3 Å². The van der Waals surface area contributed by atoms with E-state index in [-0.39, 0.29) is 6.61 Å². The minimum Gasteiger partial charge on any atom is -0.491 e. The Bertz CT molecular complexity index is 520. The Kier molecular flexibility index (Phi) is 6.66. The second kappa shape index (κ2) is 8.77. The van der Waals surface area contributed by atoms with Gasteiger partial charge in [-0.25, -0.2) is 0 Å². The van der Waals surface area contributed by atoms with Crippen LogP contribution < -0.4 is 10.1 Å². The third kappa shape index (κ3) is 6.25. The summed E-state index contributed by atoms with van der Waals surface area (Å²) in [7, 11) is 0. The van der Waals surface area contributed by atoms with Crippen LogP contribution >= 0.6 is 15.9 Å². The van der Waals surface area contributed by atoms with Crippen LogP contribution in [-0.4, -0.2) is 35.9 Å². The fourth-order valence-corrected chi connectivity index (χ4v) is 2.10. The standard InChI is InChI=1S/C16H19BrN2O2/c17-14-1-3-16(4-2-14)21-12-15(20)11-19-10-7-13-5-8-18-9-6-13/h1-6,8-9,15,19-20H,7,10-12H2. The van der Waals surface area contributed by atoms with Gasteiger partial charge in [-0.15, -0.1) is 0 Å². The molecule has 1 heterocycles. The average Bonchev–Trinajstić information content (AvgIpc) is 2.52. The van der Waals surface area contributed by atoms with Crippen LogP contribution in [0.4, 0.5) is 0 Å². The molecule has 0 amide bonds. The molecule has 1 aromatic carbocycles. The molecule has 1 atom stereocenters. The molecule has 2 rings (SSSR count). The fraction of sp³-hybridized carbons (Fsp3) is 0.312. The van der Waals surface area contributed by atoms with E-state index in [2.05, 4.69) is 26.2 Å². The quantitative estimate of drug-likeness (QED) is 0.718. The van der Waals surface area contributed by atoms with E-state index in [9.17, 15) is 5.11 Å². The zero-order chi connectivity index (χ0) is 14.9. The van der Waals surface area contributed by atoms with E-state index in [0.29, 0.717) is 6.54 Å². The Hall–Kier alpha value is -1.43. The van der Waals surface area contributed by atoms with Crippen LogP contribution in [0.3, 0.4) is 0 Å². The number of rotatable bonds is 8. The summed E-state index contributed by atoms with van der Waals surface area (Å²) in [6, 6.07) is 11.5. The highest BCUT2D eigenvalue weighted by Gasteiger charge is 2.04. The van der Waals surface area contributed by atoms with Gasteiger partial charge < -0.3 is 15.2 Å². The zero-order valence-corrected chi connectivity index (χ0v) is 13.3. The predicted octanol–water partition coefficient (Wildman–Crippen LogP) is 2.42. The molecular formula is C16H19BrN2O2. The highest BCUT2D eigenvalue weighted by atomic mass is 79.9. The van der Waals surface area contributed by atoms with Gasteiger partial charge in [0.1, 0.15) is 18.5 Å². The molecule has 0 saturated carbocycles. The molecule has 5 heteroatoms. The second-order valence-corrected chi connectivity index (χ2v) is 5.64.